The van der Waals surface area contributed by atoms with Crippen LogP contribution in [-0.2, 0) is 0 Å². The Morgan fingerprint density at radius 1 is 0.393 bits per heavy atom. The molecule has 0 aliphatic heterocycles. The Hall–Kier alpha value is -0.0800. The molecular weight excluding hydrogens is 344 g/mol. The minimum atomic E-state index is 0.364. The average Bonchev–Trinajstić information content (AvgIpc) is 2.71. The van der Waals surface area contributed by atoms with Gasteiger partial charge < -0.3 is 10.2 Å². The molecule has 1 saturated carbocycles. The highest BCUT2D eigenvalue weighted by Crippen LogP contribution is 2.42. The molecule has 1 fully saturated rings. The number of hydrogen-bond acceptors (Lipinski definition) is 2. The maximum absolute atomic E-state index is 8.92. The highest BCUT2D eigenvalue weighted by atomic mass is 16.3. The van der Waals surface area contributed by atoms with Crippen molar-refractivity contribution in [3.8, 4) is 0 Å². The quantitative estimate of drug-likeness (QED) is 0.260. The second kappa shape index (κ2) is 18.9. The van der Waals surface area contributed by atoms with Gasteiger partial charge >= 0.3 is 0 Å². The van der Waals surface area contributed by atoms with Gasteiger partial charge in [-0.2, -0.15) is 0 Å². The van der Waals surface area contributed by atoms with Gasteiger partial charge in [-0.15, -0.1) is 0 Å². The van der Waals surface area contributed by atoms with Crippen LogP contribution in [0.2, 0.25) is 0 Å². The molecule has 0 aromatic heterocycles. The molecule has 1 aliphatic rings. The molecule has 28 heavy (non-hydrogen) atoms. The van der Waals surface area contributed by atoms with Crippen molar-refractivity contribution in [1.29, 1.82) is 0 Å². The summed E-state index contributed by atoms with van der Waals surface area (Å²) in [5.74, 6) is 0. The van der Waals surface area contributed by atoms with E-state index in [0.717, 1.165) is 12.8 Å². The highest BCUT2D eigenvalue weighted by molar-refractivity contribution is 4.80. The first kappa shape index (κ1) is 26.0. The summed E-state index contributed by atoms with van der Waals surface area (Å²) in [6.45, 7) is 0.728. The molecule has 0 radical (unpaired) electrons. The third-order valence-corrected chi connectivity index (χ3v) is 7.14. The van der Waals surface area contributed by atoms with Crippen molar-refractivity contribution in [1.82, 2.24) is 0 Å². The van der Waals surface area contributed by atoms with Crippen molar-refractivity contribution in [3.05, 3.63) is 0 Å². The lowest BCUT2D eigenvalue weighted by Gasteiger charge is -2.35. The standard InChI is InChI=1S/C26H52O2/c27-24-18-12-6-4-10-16-22-26(23-17-11-5-7-13-19-25-28)20-14-8-2-1-3-9-15-21-26/h27-28H,1-25H2. The third-order valence-electron chi connectivity index (χ3n) is 7.14. The summed E-state index contributed by atoms with van der Waals surface area (Å²) in [5, 5.41) is 17.8. The Morgan fingerprint density at radius 3 is 1.11 bits per heavy atom. The Labute approximate surface area is 176 Å². The minimum absolute atomic E-state index is 0.364. The fourth-order valence-corrected chi connectivity index (χ4v) is 5.27. The molecule has 0 spiro atoms. The highest BCUT2D eigenvalue weighted by Gasteiger charge is 2.28. The van der Waals surface area contributed by atoms with Crippen LogP contribution < -0.4 is 0 Å². The lowest BCUT2D eigenvalue weighted by atomic mass is 9.70. The molecule has 0 amide bonds. The zero-order valence-electron chi connectivity index (χ0n) is 19.1. The summed E-state index contributed by atoms with van der Waals surface area (Å²) in [7, 11) is 0. The molecule has 2 heteroatoms. The maximum atomic E-state index is 8.92. The Kier molecular flexibility index (Phi) is 17.5. The minimum Gasteiger partial charge on any atom is -0.396 e. The van der Waals surface area contributed by atoms with Crippen LogP contribution in [0.5, 0.6) is 0 Å². The van der Waals surface area contributed by atoms with Crippen molar-refractivity contribution < 1.29 is 10.2 Å². The van der Waals surface area contributed by atoms with E-state index in [-0.39, 0.29) is 0 Å². The molecule has 0 aromatic carbocycles. The predicted molar refractivity (Wildman–Crippen MR) is 123 cm³/mol. The summed E-state index contributed by atoms with van der Waals surface area (Å²) in [6, 6.07) is 0. The number of aliphatic hydroxyl groups excluding tert-OH is 2. The van der Waals surface area contributed by atoms with Crippen molar-refractivity contribution in [2.24, 2.45) is 5.41 Å². The third kappa shape index (κ3) is 14.0. The summed E-state index contributed by atoms with van der Waals surface area (Å²) >= 11 is 0. The molecule has 1 rings (SSSR count). The van der Waals surface area contributed by atoms with E-state index in [9.17, 15) is 0 Å². The van der Waals surface area contributed by atoms with E-state index in [1.807, 2.05) is 0 Å². The maximum Gasteiger partial charge on any atom is 0.0431 e. The van der Waals surface area contributed by atoms with Gasteiger partial charge in [0.25, 0.3) is 0 Å². The van der Waals surface area contributed by atoms with Gasteiger partial charge in [-0.25, -0.2) is 0 Å². The monoisotopic (exact) mass is 396 g/mol. The van der Waals surface area contributed by atoms with E-state index in [4.69, 9.17) is 10.2 Å². The molecule has 0 atom stereocenters. The summed E-state index contributed by atoms with van der Waals surface area (Å²) in [5.41, 5.74) is 0.646. The lowest BCUT2D eigenvalue weighted by Crippen LogP contribution is -2.22. The largest absolute Gasteiger partial charge is 0.396 e. The van der Waals surface area contributed by atoms with Gasteiger partial charge in [-0.3, -0.25) is 0 Å². The van der Waals surface area contributed by atoms with Gasteiger partial charge in [-0.1, -0.05) is 109 Å². The van der Waals surface area contributed by atoms with Gasteiger partial charge in [0, 0.05) is 13.2 Å². The topological polar surface area (TPSA) is 40.5 Å². The van der Waals surface area contributed by atoms with Crippen LogP contribution in [0.4, 0.5) is 0 Å². The van der Waals surface area contributed by atoms with E-state index in [2.05, 4.69) is 0 Å². The Bertz CT molecular complexity index is 286. The van der Waals surface area contributed by atoms with Crippen molar-refractivity contribution in [3.63, 3.8) is 0 Å². The van der Waals surface area contributed by atoms with E-state index < -0.39 is 0 Å². The van der Waals surface area contributed by atoms with Gasteiger partial charge in [0.05, 0.1) is 0 Å². The SMILES string of the molecule is OCCCCCCCCC1(CCCCCCCCO)CCCCCCCCC1. The molecule has 0 heterocycles. The van der Waals surface area contributed by atoms with E-state index in [1.165, 1.54) is 135 Å². The summed E-state index contributed by atoms with van der Waals surface area (Å²) < 4.78 is 0. The van der Waals surface area contributed by atoms with E-state index >= 15 is 0 Å². The molecule has 2 N–H and O–H groups in total. The molecule has 168 valence electrons. The van der Waals surface area contributed by atoms with Crippen LogP contribution in [0.25, 0.3) is 0 Å². The molecule has 2 nitrogen and oxygen atoms in total. The van der Waals surface area contributed by atoms with Crippen LogP contribution in [0.15, 0.2) is 0 Å². The first-order chi connectivity index (χ1) is 13.8. The Balaban J connectivity index is 2.37. The average molecular weight is 397 g/mol. The lowest BCUT2D eigenvalue weighted by molar-refractivity contribution is 0.168. The van der Waals surface area contributed by atoms with Gasteiger partial charge in [0.2, 0.25) is 0 Å². The number of unbranched alkanes of at least 4 members (excludes halogenated alkanes) is 10. The first-order valence-corrected chi connectivity index (χ1v) is 13.0. The van der Waals surface area contributed by atoms with Crippen LogP contribution in [0.1, 0.15) is 148 Å². The van der Waals surface area contributed by atoms with Gasteiger partial charge in [-0.05, 0) is 43.9 Å². The summed E-state index contributed by atoms with van der Waals surface area (Å²) in [6.07, 6.45) is 31.5. The molecule has 0 unspecified atom stereocenters. The number of hydrogen-bond donors (Lipinski definition) is 2. The molecular formula is C26H52O2. The fraction of sp³-hybridized carbons (Fsp3) is 1.00. The predicted octanol–water partition coefficient (Wildman–Crippen LogP) is 7.94. The van der Waals surface area contributed by atoms with Crippen LogP contribution in [0.3, 0.4) is 0 Å². The second-order valence-corrected chi connectivity index (χ2v) is 9.66. The second-order valence-electron chi connectivity index (χ2n) is 9.66. The van der Waals surface area contributed by atoms with Crippen molar-refractivity contribution >= 4 is 0 Å². The van der Waals surface area contributed by atoms with Gasteiger partial charge in [0.15, 0.2) is 0 Å². The van der Waals surface area contributed by atoms with Crippen molar-refractivity contribution in [2.45, 2.75) is 148 Å². The number of aliphatic hydroxyl groups is 2. The zero-order chi connectivity index (χ0) is 20.2. The van der Waals surface area contributed by atoms with Gasteiger partial charge in [0.1, 0.15) is 0 Å². The van der Waals surface area contributed by atoms with Crippen molar-refractivity contribution in [2.75, 3.05) is 13.2 Å². The fourth-order valence-electron chi connectivity index (χ4n) is 5.27. The van der Waals surface area contributed by atoms with E-state index in [0.29, 0.717) is 18.6 Å². The first-order valence-electron chi connectivity index (χ1n) is 13.0. The molecule has 1 aliphatic carbocycles. The van der Waals surface area contributed by atoms with Crippen LogP contribution in [-0.4, -0.2) is 23.4 Å². The molecule has 0 saturated heterocycles. The van der Waals surface area contributed by atoms with Crippen LogP contribution >= 0.6 is 0 Å². The molecule has 0 aromatic rings. The number of rotatable bonds is 16. The summed E-state index contributed by atoms with van der Waals surface area (Å²) in [4.78, 5) is 0. The van der Waals surface area contributed by atoms with Crippen LogP contribution in [0, 0.1) is 5.41 Å². The Morgan fingerprint density at radius 2 is 0.714 bits per heavy atom. The zero-order valence-corrected chi connectivity index (χ0v) is 19.1. The molecule has 0 bridgehead atoms. The normalized spacial score (nSPS) is 18.2. The van der Waals surface area contributed by atoms with E-state index in [1.54, 1.807) is 0 Å². The smallest absolute Gasteiger partial charge is 0.0431 e.